The Hall–Kier alpha value is 0.610. The number of ether oxygens (including phenoxy) is 1. The number of aliphatic hydroxyl groups is 1. The van der Waals surface area contributed by atoms with Crippen molar-refractivity contribution in [2.45, 2.75) is 45.9 Å². The minimum absolute atomic E-state index is 0. The lowest BCUT2D eigenvalue weighted by Crippen LogP contribution is -2.29. The lowest BCUT2D eigenvalue weighted by molar-refractivity contribution is 0.244. The summed E-state index contributed by atoms with van der Waals surface area (Å²) >= 11 is 0. The summed E-state index contributed by atoms with van der Waals surface area (Å²) in [6.07, 6.45) is 0.190. The quantitative estimate of drug-likeness (QED) is 0.612. The van der Waals surface area contributed by atoms with Gasteiger partial charge >= 0.3 is 0 Å². The SMILES string of the molecule is CC(C)NC(C)C.I.OCC1CO1. The molecule has 1 rings (SSSR count). The van der Waals surface area contributed by atoms with E-state index in [9.17, 15) is 0 Å². The summed E-state index contributed by atoms with van der Waals surface area (Å²) in [5.74, 6) is 0. The van der Waals surface area contributed by atoms with Gasteiger partial charge in [0.25, 0.3) is 0 Å². The van der Waals surface area contributed by atoms with E-state index in [1.165, 1.54) is 0 Å². The zero-order valence-electron chi connectivity index (χ0n) is 8.91. The molecular formula is C9H22INO2. The van der Waals surface area contributed by atoms with E-state index in [4.69, 9.17) is 5.11 Å². The van der Waals surface area contributed by atoms with Crippen molar-refractivity contribution in [3.63, 3.8) is 0 Å². The molecule has 1 heterocycles. The zero-order chi connectivity index (χ0) is 9.56. The Balaban J connectivity index is 0. The molecule has 0 saturated carbocycles. The molecule has 1 unspecified atom stereocenters. The first kappa shape index (κ1) is 16.1. The maximum absolute atomic E-state index is 8.08. The van der Waals surface area contributed by atoms with Gasteiger partial charge in [-0.2, -0.15) is 0 Å². The third-order valence-corrected chi connectivity index (χ3v) is 1.27. The standard InChI is InChI=1S/C6H15N.C3H6O2.HI/c1-5(2)7-6(3)4;4-1-3-2-5-3;/h5-7H,1-4H3;3-4H,1-2H2;1H. The number of hydrogen-bond donors (Lipinski definition) is 2. The minimum Gasteiger partial charge on any atom is -0.394 e. The van der Waals surface area contributed by atoms with Crippen molar-refractivity contribution in [2.24, 2.45) is 0 Å². The van der Waals surface area contributed by atoms with E-state index in [0.29, 0.717) is 12.1 Å². The van der Waals surface area contributed by atoms with E-state index in [-0.39, 0.29) is 36.7 Å². The molecule has 0 spiro atoms. The van der Waals surface area contributed by atoms with Gasteiger partial charge in [-0.3, -0.25) is 0 Å². The topological polar surface area (TPSA) is 44.8 Å². The van der Waals surface area contributed by atoms with E-state index < -0.39 is 0 Å². The van der Waals surface area contributed by atoms with Gasteiger partial charge in [0.15, 0.2) is 0 Å². The highest BCUT2D eigenvalue weighted by Gasteiger charge is 2.19. The molecule has 1 saturated heterocycles. The molecule has 4 heteroatoms. The van der Waals surface area contributed by atoms with Crippen molar-refractivity contribution in [1.82, 2.24) is 5.32 Å². The molecule has 3 nitrogen and oxygen atoms in total. The first-order valence-corrected chi connectivity index (χ1v) is 4.54. The number of aliphatic hydroxyl groups excluding tert-OH is 1. The van der Waals surface area contributed by atoms with Gasteiger partial charge in [-0.25, -0.2) is 0 Å². The molecule has 1 atom stereocenters. The van der Waals surface area contributed by atoms with Crippen LogP contribution in [0.1, 0.15) is 27.7 Å². The molecule has 1 fully saturated rings. The highest BCUT2D eigenvalue weighted by Crippen LogP contribution is 2.04. The molecule has 2 N–H and O–H groups in total. The Morgan fingerprint density at radius 1 is 1.31 bits per heavy atom. The number of rotatable bonds is 3. The predicted octanol–water partition coefficient (Wildman–Crippen LogP) is 1.39. The van der Waals surface area contributed by atoms with Gasteiger partial charge in [-0.15, -0.1) is 24.0 Å². The van der Waals surface area contributed by atoms with Crippen LogP contribution < -0.4 is 5.32 Å². The zero-order valence-corrected chi connectivity index (χ0v) is 11.2. The van der Waals surface area contributed by atoms with Crippen LogP contribution in [0.4, 0.5) is 0 Å². The summed E-state index contributed by atoms with van der Waals surface area (Å²) < 4.78 is 4.61. The Morgan fingerprint density at radius 2 is 1.69 bits per heavy atom. The molecule has 0 radical (unpaired) electrons. The molecule has 1 aliphatic rings. The van der Waals surface area contributed by atoms with Crippen molar-refractivity contribution < 1.29 is 9.84 Å². The normalized spacial score (nSPS) is 19.2. The van der Waals surface area contributed by atoms with Gasteiger partial charge in [0.2, 0.25) is 0 Å². The Morgan fingerprint density at radius 3 is 1.69 bits per heavy atom. The molecule has 0 amide bonds. The van der Waals surface area contributed by atoms with Gasteiger partial charge in [-0.05, 0) is 0 Å². The van der Waals surface area contributed by atoms with Gasteiger partial charge < -0.3 is 15.2 Å². The average Bonchev–Trinajstić information content (AvgIpc) is 2.66. The van der Waals surface area contributed by atoms with E-state index in [1.54, 1.807) is 0 Å². The van der Waals surface area contributed by atoms with E-state index in [1.807, 2.05) is 0 Å². The molecule has 0 aromatic heterocycles. The number of hydrogen-bond acceptors (Lipinski definition) is 3. The summed E-state index contributed by atoms with van der Waals surface area (Å²) in [6.45, 7) is 9.57. The Bertz CT molecular complexity index is 99.8. The van der Waals surface area contributed by atoms with Crippen LogP contribution in [0.2, 0.25) is 0 Å². The number of halogens is 1. The molecule has 0 bridgehead atoms. The second-order valence-corrected chi connectivity index (χ2v) is 3.61. The summed E-state index contributed by atoms with van der Waals surface area (Å²) in [6, 6.07) is 1.25. The Kier molecular flexibility index (Phi) is 11.3. The van der Waals surface area contributed by atoms with Crippen molar-refractivity contribution in [1.29, 1.82) is 0 Å². The van der Waals surface area contributed by atoms with Crippen LogP contribution in [-0.2, 0) is 4.74 Å². The first-order chi connectivity index (χ1) is 5.56. The third kappa shape index (κ3) is 15.4. The average molecular weight is 303 g/mol. The fraction of sp³-hybridized carbons (Fsp3) is 1.00. The van der Waals surface area contributed by atoms with Crippen LogP contribution in [0.15, 0.2) is 0 Å². The molecule has 0 aromatic carbocycles. The smallest absolute Gasteiger partial charge is 0.104 e. The molecular weight excluding hydrogens is 281 g/mol. The van der Waals surface area contributed by atoms with Crippen molar-refractivity contribution in [2.75, 3.05) is 13.2 Å². The van der Waals surface area contributed by atoms with Crippen molar-refractivity contribution in [3.05, 3.63) is 0 Å². The fourth-order valence-electron chi connectivity index (χ4n) is 0.840. The third-order valence-electron chi connectivity index (χ3n) is 1.27. The molecule has 1 aliphatic heterocycles. The van der Waals surface area contributed by atoms with Gasteiger partial charge in [0.1, 0.15) is 6.10 Å². The second kappa shape index (κ2) is 9.18. The largest absolute Gasteiger partial charge is 0.394 e. The monoisotopic (exact) mass is 303 g/mol. The van der Waals surface area contributed by atoms with Gasteiger partial charge in [-0.1, -0.05) is 27.7 Å². The Labute approximate surface area is 98.3 Å². The highest BCUT2D eigenvalue weighted by atomic mass is 127. The van der Waals surface area contributed by atoms with Crippen LogP contribution in [0.3, 0.4) is 0 Å². The maximum Gasteiger partial charge on any atom is 0.104 e. The first-order valence-electron chi connectivity index (χ1n) is 4.54. The lowest BCUT2D eigenvalue weighted by atomic mass is 10.3. The molecule has 0 aromatic rings. The second-order valence-electron chi connectivity index (χ2n) is 3.61. The van der Waals surface area contributed by atoms with E-state index in [0.717, 1.165) is 6.61 Å². The van der Waals surface area contributed by atoms with Crippen LogP contribution in [0, 0.1) is 0 Å². The lowest BCUT2D eigenvalue weighted by Gasteiger charge is -2.10. The number of epoxide rings is 1. The van der Waals surface area contributed by atoms with Gasteiger partial charge in [0.05, 0.1) is 13.2 Å². The molecule has 13 heavy (non-hydrogen) atoms. The molecule has 82 valence electrons. The van der Waals surface area contributed by atoms with Crippen LogP contribution in [0.5, 0.6) is 0 Å². The van der Waals surface area contributed by atoms with Crippen LogP contribution in [0.25, 0.3) is 0 Å². The maximum atomic E-state index is 8.08. The van der Waals surface area contributed by atoms with Crippen LogP contribution in [-0.4, -0.2) is 36.5 Å². The van der Waals surface area contributed by atoms with Crippen molar-refractivity contribution in [3.8, 4) is 0 Å². The summed E-state index contributed by atoms with van der Waals surface area (Å²) in [5.41, 5.74) is 0. The van der Waals surface area contributed by atoms with Crippen molar-refractivity contribution >= 4 is 24.0 Å². The van der Waals surface area contributed by atoms with E-state index in [2.05, 4.69) is 37.7 Å². The summed E-state index contributed by atoms with van der Waals surface area (Å²) in [7, 11) is 0. The summed E-state index contributed by atoms with van der Waals surface area (Å²) in [5, 5.41) is 11.4. The van der Waals surface area contributed by atoms with Gasteiger partial charge in [0, 0.05) is 12.1 Å². The fourth-order valence-corrected chi connectivity index (χ4v) is 0.840. The minimum atomic E-state index is 0. The predicted molar refractivity (Wildman–Crippen MR) is 65.6 cm³/mol. The number of nitrogens with one attached hydrogen (secondary N) is 1. The highest BCUT2D eigenvalue weighted by molar-refractivity contribution is 14.0. The molecule has 0 aliphatic carbocycles. The van der Waals surface area contributed by atoms with E-state index >= 15 is 0 Å². The summed E-state index contributed by atoms with van der Waals surface area (Å²) in [4.78, 5) is 0. The van der Waals surface area contributed by atoms with Crippen LogP contribution >= 0.6 is 24.0 Å².